The van der Waals surface area contributed by atoms with Crippen molar-refractivity contribution in [1.82, 2.24) is 9.88 Å². The minimum Gasteiger partial charge on any atom is -0.506 e. The SMILES string of the molecule is CC(C)CN(CC(=O)O)C(=O)c1cncc(O)c1. The Morgan fingerprint density at radius 2 is 2.06 bits per heavy atom. The second kappa shape index (κ2) is 6.00. The molecular formula is C12H16N2O4. The average molecular weight is 252 g/mol. The van der Waals surface area contributed by atoms with Gasteiger partial charge in [0, 0.05) is 12.7 Å². The zero-order valence-corrected chi connectivity index (χ0v) is 10.3. The van der Waals surface area contributed by atoms with Gasteiger partial charge in [0.15, 0.2) is 0 Å². The third-order valence-electron chi connectivity index (χ3n) is 2.17. The van der Waals surface area contributed by atoms with E-state index in [0.717, 1.165) is 0 Å². The summed E-state index contributed by atoms with van der Waals surface area (Å²) >= 11 is 0. The number of nitrogens with zero attached hydrogens (tertiary/aromatic N) is 2. The third kappa shape index (κ3) is 4.04. The Labute approximate surface area is 105 Å². The normalized spacial score (nSPS) is 10.4. The van der Waals surface area contributed by atoms with Crippen LogP contribution in [0.1, 0.15) is 24.2 Å². The Morgan fingerprint density at radius 3 is 2.56 bits per heavy atom. The fraction of sp³-hybridized carbons (Fsp3) is 0.417. The second-order valence-corrected chi connectivity index (χ2v) is 4.41. The molecule has 2 N–H and O–H groups in total. The standard InChI is InChI=1S/C12H16N2O4/c1-8(2)6-14(7-11(16)17)12(18)9-3-10(15)5-13-4-9/h3-5,8,15H,6-7H2,1-2H3,(H,16,17). The van der Waals surface area contributed by atoms with Crippen LogP contribution in [0.2, 0.25) is 0 Å². The molecule has 0 fully saturated rings. The van der Waals surface area contributed by atoms with Gasteiger partial charge in [-0.05, 0) is 12.0 Å². The topological polar surface area (TPSA) is 90.7 Å². The molecule has 0 aliphatic carbocycles. The summed E-state index contributed by atoms with van der Waals surface area (Å²) in [6.45, 7) is 3.75. The van der Waals surface area contributed by atoms with Gasteiger partial charge in [-0.15, -0.1) is 0 Å². The predicted octanol–water partition coefficient (Wildman–Crippen LogP) is 0.970. The number of carbonyl (C=O) groups is 2. The average Bonchev–Trinajstić information content (AvgIpc) is 2.26. The van der Waals surface area contributed by atoms with Crippen molar-refractivity contribution in [3.8, 4) is 5.75 Å². The number of amides is 1. The van der Waals surface area contributed by atoms with Crippen LogP contribution in [0.25, 0.3) is 0 Å². The van der Waals surface area contributed by atoms with Crippen LogP contribution in [0.4, 0.5) is 0 Å². The summed E-state index contributed by atoms with van der Waals surface area (Å²) in [5, 5.41) is 18.0. The van der Waals surface area contributed by atoms with E-state index in [2.05, 4.69) is 4.98 Å². The minimum absolute atomic E-state index is 0.124. The summed E-state index contributed by atoms with van der Waals surface area (Å²) in [5.41, 5.74) is 0.178. The summed E-state index contributed by atoms with van der Waals surface area (Å²) in [7, 11) is 0. The molecule has 6 nitrogen and oxygen atoms in total. The van der Waals surface area contributed by atoms with Crippen molar-refractivity contribution in [3.05, 3.63) is 24.0 Å². The molecule has 0 saturated heterocycles. The quantitative estimate of drug-likeness (QED) is 0.814. The maximum absolute atomic E-state index is 12.1. The van der Waals surface area contributed by atoms with Crippen molar-refractivity contribution in [3.63, 3.8) is 0 Å². The van der Waals surface area contributed by atoms with Crippen molar-refractivity contribution in [1.29, 1.82) is 0 Å². The highest BCUT2D eigenvalue weighted by molar-refractivity contribution is 5.95. The predicted molar refractivity (Wildman–Crippen MR) is 64.3 cm³/mol. The smallest absolute Gasteiger partial charge is 0.323 e. The van der Waals surface area contributed by atoms with Crippen molar-refractivity contribution >= 4 is 11.9 Å². The zero-order valence-electron chi connectivity index (χ0n) is 10.3. The Hall–Kier alpha value is -2.11. The number of aromatic hydroxyl groups is 1. The number of carbonyl (C=O) groups excluding carboxylic acids is 1. The lowest BCUT2D eigenvalue weighted by atomic mass is 10.1. The molecule has 0 unspecified atom stereocenters. The number of hydrogen-bond donors (Lipinski definition) is 2. The molecule has 1 rings (SSSR count). The van der Waals surface area contributed by atoms with E-state index in [1.807, 2.05) is 13.8 Å². The first-order valence-corrected chi connectivity index (χ1v) is 5.55. The zero-order chi connectivity index (χ0) is 13.7. The van der Waals surface area contributed by atoms with Crippen LogP contribution in [0.15, 0.2) is 18.5 Å². The fourth-order valence-corrected chi connectivity index (χ4v) is 1.55. The first-order valence-electron chi connectivity index (χ1n) is 5.55. The Balaban J connectivity index is 2.90. The molecule has 0 atom stereocenters. The molecule has 0 saturated carbocycles. The lowest BCUT2D eigenvalue weighted by Crippen LogP contribution is -2.38. The summed E-state index contributed by atoms with van der Waals surface area (Å²) in [5.74, 6) is -1.49. The Morgan fingerprint density at radius 1 is 1.39 bits per heavy atom. The summed E-state index contributed by atoms with van der Waals surface area (Å²) < 4.78 is 0. The molecule has 18 heavy (non-hydrogen) atoms. The highest BCUT2D eigenvalue weighted by Crippen LogP contribution is 2.12. The van der Waals surface area contributed by atoms with Crippen LogP contribution in [0.5, 0.6) is 5.75 Å². The van der Waals surface area contributed by atoms with Crippen LogP contribution in [0.3, 0.4) is 0 Å². The number of aromatic nitrogens is 1. The van der Waals surface area contributed by atoms with E-state index in [9.17, 15) is 14.7 Å². The molecule has 1 aromatic heterocycles. The largest absolute Gasteiger partial charge is 0.506 e. The summed E-state index contributed by atoms with van der Waals surface area (Å²) in [4.78, 5) is 27.7. The molecule has 0 aliphatic heterocycles. The lowest BCUT2D eigenvalue weighted by molar-refractivity contribution is -0.137. The van der Waals surface area contributed by atoms with E-state index in [1.54, 1.807) is 0 Å². The third-order valence-corrected chi connectivity index (χ3v) is 2.17. The number of hydrogen-bond acceptors (Lipinski definition) is 4. The first-order chi connectivity index (χ1) is 8.40. The maximum atomic E-state index is 12.1. The fourth-order valence-electron chi connectivity index (χ4n) is 1.55. The molecule has 1 heterocycles. The first kappa shape index (κ1) is 14.0. The Kier molecular flexibility index (Phi) is 4.65. The summed E-state index contributed by atoms with van der Waals surface area (Å²) in [6.07, 6.45) is 2.51. The molecule has 0 aromatic carbocycles. The van der Waals surface area contributed by atoms with E-state index in [0.29, 0.717) is 6.54 Å². The van der Waals surface area contributed by atoms with Crippen LogP contribution >= 0.6 is 0 Å². The van der Waals surface area contributed by atoms with Gasteiger partial charge < -0.3 is 15.1 Å². The number of carboxylic acids is 1. The highest BCUT2D eigenvalue weighted by Gasteiger charge is 2.20. The van der Waals surface area contributed by atoms with Gasteiger partial charge in [0.1, 0.15) is 12.3 Å². The van der Waals surface area contributed by atoms with Gasteiger partial charge in [0.05, 0.1) is 11.8 Å². The minimum atomic E-state index is -1.07. The number of pyridine rings is 1. The van der Waals surface area contributed by atoms with Crippen LogP contribution in [0, 0.1) is 5.92 Å². The van der Waals surface area contributed by atoms with Crippen molar-refractivity contribution in [2.45, 2.75) is 13.8 Å². The highest BCUT2D eigenvalue weighted by atomic mass is 16.4. The molecule has 1 amide bonds. The number of rotatable bonds is 5. The molecule has 0 aliphatic rings. The molecule has 1 aromatic rings. The van der Waals surface area contributed by atoms with Gasteiger partial charge in [-0.2, -0.15) is 0 Å². The van der Waals surface area contributed by atoms with E-state index < -0.39 is 11.9 Å². The Bertz CT molecular complexity index is 445. The summed E-state index contributed by atoms with van der Waals surface area (Å²) in [6, 6.07) is 1.27. The van der Waals surface area contributed by atoms with Crippen molar-refractivity contribution < 1.29 is 19.8 Å². The van der Waals surface area contributed by atoms with E-state index >= 15 is 0 Å². The molecule has 0 spiro atoms. The number of aliphatic carboxylic acids is 1. The maximum Gasteiger partial charge on any atom is 0.323 e. The molecular weight excluding hydrogens is 236 g/mol. The molecule has 0 radical (unpaired) electrons. The van der Waals surface area contributed by atoms with Crippen LogP contribution in [-0.2, 0) is 4.79 Å². The van der Waals surface area contributed by atoms with Crippen LogP contribution < -0.4 is 0 Å². The van der Waals surface area contributed by atoms with Gasteiger partial charge >= 0.3 is 5.97 Å². The van der Waals surface area contributed by atoms with E-state index in [1.165, 1.54) is 23.4 Å². The number of carboxylic acid groups (broad SMARTS) is 1. The molecule has 0 bridgehead atoms. The van der Waals surface area contributed by atoms with Gasteiger partial charge in [0.2, 0.25) is 0 Å². The van der Waals surface area contributed by atoms with Crippen LogP contribution in [-0.4, -0.2) is 45.1 Å². The van der Waals surface area contributed by atoms with Crippen molar-refractivity contribution in [2.24, 2.45) is 5.92 Å². The monoisotopic (exact) mass is 252 g/mol. The lowest BCUT2D eigenvalue weighted by Gasteiger charge is -2.22. The van der Waals surface area contributed by atoms with Gasteiger partial charge in [-0.25, -0.2) is 0 Å². The van der Waals surface area contributed by atoms with Gasteiger partial charge in [-0.3, -0.25) is 14.6 Å². The van der Waals surface area contributed by atoms with E-state index in [4.69, 9.17) is 5.11 Å². The second-order valence-electron chi connectivity index (χ2n) is 4.41. The van der Waals surface area contributed by atoms with Gasteiger partial charge in [0.25, 0.3) is 5.91 Å². The van der Waals surface area contributed by atoms with Crippen molar-refractivity contribution in [2.75, 3.05) is 13.1 Å². The molecule has 6 heteroatoms. The van der Waals surface area contributed by atoms with E-state index in [-0.39, 0.29) is 23.8 Å². The van der Waals surface area contributed by atoms with Gasteiger partial charge in [-0.1, -0.05) is 13.8 Å². The molecule has 98 valence electrons.